The number of ether oxygens (including phenoxy) is 2. The van der Waals surface area contributed by atoms with Gasteiger partial charge in [0.15, 0.2) is 0 Å². The number of nitrogens with zero attached hydrogens (tertiary/aromatic N) is 3. The van der Waals surface area contributed by atoms with Gasteiger partial charge in [0.1, 0.15) is 30.3 Å². The van der Waals surface area contributed by atoms with Crippen LogP contribution in [-0.2, 0) is 4.74 Å². The molecule has 4 fully saturated rings. The van der Waals surface area contributed by atoms with Gasteiger partial charge in [-0.2, -0.15) is 0 Å². The number of nitrogens with one attached hydrogen (secondary N) is 3. The number of aliphatic hydroxyl groups excluding tert-OH is 2. The summed E-state index contributed by atoms with van der Waals surface area (Å²) in [5, 5.41) is 31.7. The molecule has 1 aliphatic carbocycles. The van der Waals surface area contributed by atoms with Crippen LogP contribution < -0.4 is 31.3 Å². The molecule has 4 unspecified atom stereocenters. The Morgan fingerprint density at radius 1 is 1.17 bits per heavy atom. The molecule has 41 heavy (non-hydrogen) atoms. The Hall–Kier alpha value is -1.91. The van der Waals surface area contributed by atoms with Gasteiger partial charge in [-0.1, -0.05) is 0 Å². The number of anilines is 2. The third-order valence-corrected chi connectivity index (χ3v) is 9.78. The van der Waals surface area contributed by atoms with Gasteiger partial charge in [-0.3, -0.25) is 15.5 Å². The molecule has 1 saturated carbocycles. The van der Waals surface area contributed by atoms with Crippen molar-refractivity contribution in [2.45, 2.75) is 87.5 Å². The number of hydrogen-bond donors (Lipinski definition) is 6. The van der Waals surface area contributed by atoms with Crippen LogP contribution in [0, 0.1) is 11.8 Å². The fourth-order valence-corrected chi connectivity index (χ4v) is 7.31. The minimum absolute atomic E-state index is 0.0116. The van der Waals surface area contributed by atoms with Crippen molar-refractivity contribution < 1.29 is 32.9 Å². The van der Waals surface area contributed by atoms with Crippen LogP contribution in [0.15, 0.2) is 18.2 Å². The predicted octanol–water partition coefficient (Wildman–Crippen LogP) is 0.793. The van der Waals surface area contributed by atoms with Crippen molar-refractivity contribution in [2.75, 3.05) is 44.1 Å². The molecular weight excluding hydrogens is 543 g/mol. The van der Waals surface area contributed by atoms with E-state index >= 15 is 0 Å². The summed E-state index contributed by atoms with van der Waals surface area (Å²) in [6, 6.07) is 4.75. The summed E-state index contributed by atoms with van der Waals surface area (Å²) in [5.41, 5.74) is 7.73. The number of likely N-dealkylation sites (tertiary alicyclic amines) is 1. The SMILES string of the molecule is CN(C[C@H]1O[C@@H](N2CCC3C(N)NCNC32)[C@H](O)[C@@H]1O)C1CC(CCC2Nc3ccc(OC(F)(F)F)cc3N2C)C1. The monoisotopic (exact) mass is 585 g/mol. The average Bonchev–Trinajstić information content (AvgIpc) is 3.53. The smallest absolute Gasteiger partial charge is 0.406 e. The van der Waals surface area contributed by atoms with Gasteiger partial charge in [-0.05, 0) is 57.2 Å². The van der Waals surface area contributed by atoms with Gasteiger partial charge >= 0.3 is 6.36 Å². The first kappa shape index (κ1) is 29.2. The molecule has 1 aromatic carbocycles. The van der Waals surface area contributed by atoms with Crippen molar-refractivity contribution >= 4 is 11.4 Å². The van der Waals surface area contributed by atoms with Crippen molar-refractivity contribution in [3.05, 3.63) is 18.2 Å². The zero-order valence-corrected chi connectivity index (χ0v) is 23.4. The Morgan fingerprint density at radius 2 is 1.95 bits per heavy atom. The van der Waals surface area contributed by atoms with Crippen LogP contribution in [0.2, 0.25) is 0 Å². The topological polar surface area (TPSA) is 131 Å². The number of aliphatic hydroxyl groups is 2. The number of hydrogen-bond acceptors (Lipinski definition) is 11. The number of rotatable bonds is 8. The second-order valence-corrected chi connectivity index (χ2v) is 12.3. The molecule has 0 spiro atoms. The van der Waals surface area contributed by atoms with Crippen molar-refractivity contribution in [3.63, 3.8) is 0 Å². The number of halogens is 3. The maximum atomic E-state index is 12.6. The Bertz CT molecular complexity index is 1080. The molecule has 0 aromatic heterocycles. The molecule has 3 saturated heterocycles. The molecule has 4 heterocycles. The van der Waals surface area contributed by atoms with Crippen molar-refractivity contribution in [1.82, 2.24) is 20.4 Å². The number of benzene rings is 1. The summed E-state index contributed by atoms with van der Waals surface area (Å²) in [7, 11) is 3.92. The minimum atomic E-state index is -4.72. The highest BCUT2D eigenvalue weighted by atomic mass is 19.4. The lowest BCUT2D eigenvalue weighted by Gasteiger charge is -2.43. The van der Waals surface area contributed by atoms with Gasteiger partial charge in [0.25, 0.3) is 0 Å². The highest BCUT2D eigenvalue weighted by Crippen LogP contribution is 2.41. The molecule has 1 aromatic rings. The second kappa shape index (κ2) is 11.3. The van der Waals surface area contributed by atoms with E-state index in [1.807, 2.05) is 19.0 Å². The molecule has 0 amide bonds. The van der Waals surface area contributed by atoms with Gasteiger partial charge in [0.2, 0.25) is 0 Å². The maximum Gasteiger partial charge on any atom is 0.573 e. The fraction of sp³-hybridized carbons (Fsp3) is 0.778. The molecule has 0 bridgehead atoms. The largest absolute Gasteiger partial charge is 0.573 e. The quantitative estimate of drug-likeness (QED) is 0.259. The standard InChI is InChI=1S/C27H42F3N7O4/c1-35(12-20-22(38)23(39)26(40-20)37-8-7-17-24(31)32-13-33-25(17)37)15-9-14(10-15)3-6-21-34-18-5-4-16(41-27(28,29)30)11-19(18)36(21)2/h4-5,11,14-15,17,20-26,32-34,38-39H,3,6-10,12-13,31H2,1-2H3/t14?,15?,17?,20-,21?,22-,23-,24?,25?,26-/m1/s1. The second-order valence-electron chi connectivity index (χ2n) is 12.3. The molecule has 14 heteroatoms. The Morgan fingerprint density at radius 3 is 2.71 bits per heavy atom. The first-order valence-corrected chi connectivity index (χ1v) is 14.6. The van der Waals surface area contributed by atoms with Crippen LogP contribution in [-0.4, -0.2) is 109 Å². The van der Waals surface area contributed by atoms with E-state index < -0.39 is 30.9 Å². The zero-order chi connectivity index (χ0) is 29.1. The van der Waals surface area contributed by atoms with Crippen LogP contribution in [0.1, 0.15) is 32.1 Å². The van der Waals surface area contributed by atoms with Gasteiger partial charge in [0.05, 0.1) is 29.9 Å². The third kappa shape index (κ3) is 5.85. The van der Waals surface area contributed by atoms with E-state index in [0.29, 0.717) is 30.9 Å². The van der Waals surface area contributed by atoms with Crippen molar-refractivity contribution in [1.29, 1.82) is 0 Å². The summed E-state index contributed by atoms with van der Waals surface area (Å²) in [5.74, 6) is 0.553. The maximum absolute atomic E-state index is 12.6. The summed E-state index contributed by atoms with van der Waals surface area (Å²) in [4.78, 5) is 6.30. The average molecular weight is 586 g/mol. The molecule has 230 valence electrons. The molecule has 8 atom stereocenters. The zero-order valence-electron chi connectivity index (χ0n) is 23.4. The lowest BCUT2D eigenvalue weighted by Crippen LogP contribution is -2.64. The molecule has 11 nitrogen and oxygen atoms in total. The van der Waals surface area contributed by atoms with E-state index in [9.17, 15) is 23.4 Å². The van der Waals surface area contributed by atoms with Crippen molar-refractivity contribution in [3.8, 4) is 5.75 Å². The fourth-order valence-electron chi connectivity index (χ4n) is 7.31. The van der Waals surface area contributed by atoms with E-state index in [4.69, 9.17) is 10.5 Å². The Labute approximate surface area is 238 Å². The first-order chi connectivity index (χ1) is 19.5. The number of alkyl halides is 3. The van der Waals surface area contributed by atoms with Gasteiger partial charge in [0, 0.05) is 44.8 Å². The predicted molar refractivity (Wildman–Crippen MR) is 146 cm³/mol. The van der Waals surface area contributed by atoms with Crippen LogP contribution in [0.5, 0.6) is 5.75 Å². The molecule has 6 rings (SSSR count). The van der Waals surface area contributed by atoms with Gasteiger partial charge in [-0.25, -0.2) is 0 Å². The molecule has 7 N–H and O–H groups in total. The summed E-state index contributed by atoms with van der Waals surface area (Å²) < 4.78 is 48.2. The number of nitrogens with two attached hydrogens (primary N) is 1. The van der Waals surface area contributed by atoms with Crippen LogP contribution in [0.25, 0.3) is 0 Å². The summed E-state index contributed by atoms with van der Waals surface area (Å²) >= 11 is 0. The Balaban J connectivity index is 0.948. The Kier molecular flexibility index (Phi) is 8.04. The number of fused-ring (bicyclic) bond motifs is 2. The van der Waals surface area contributed by atoms with E-state index in [0.717, 1.165) is 44.3 Å². The normalized spacial score (nSPS) is 39.0. The van der Waals surface area contributed by atoms with E-state index in [-0.39, 0.29) is 30.2 Å². The molecule has 5 aliphatic rings. The highest BCUT2D eigenvalue weighted by molar-refractivity contribution is 5.77. The summed E-state index contributed by atoms with van der Waals surface area (Å²) in [6.45, 7) is 1.88. The van der Waals surface area contributed by atoms with Crippen molar-refractivity contribution in [2.24, 2.45) is 17.6 Å². The first-order valence-electron chi connectivity index (χ1n) is 14.6. The van der Waals surface area contributed by atoms with Crippen LogP contribution in [0.4, 0.5) is 24.5 Å². The van der Waals surface area contributed by atoms with E-state index in [1.165, 1.54) is 12.1 Å². The van der Waals surface area contributed by atoms with Crippen LogP contribution >= 0.6 is 0 Å². The molecule has 4 aliphatic heterocycles. The van der Waals surface area contributed by atoms with E-state index in [2.05, 4.69) is 30.5 Å². The van der Waals surface area contributed by atoms with Crippen LogP contribution in [0.3, 0.4) is 0 Å². The lowest BCUT2D eigenvalue weighted by atomic mass is 9.76. The van der Waals surface area contributed by atoms with Gasteiger partial charge < -0.3 is 40.5 Å². The van der Waals surface area contributed by atoms with Gasteiger partial charge in [-0.15, -0.1) is 13.2 Å². The van der Waals surface area contributed by atoms with E-state index in [1.54, 1.807) is 6.07 Å². The minimum Gasteiger partial charge on any atom is -0.406 e. The lowest BCUT2D eigenvalue weighted by molar-refractivity contribution is -0.274. The third-order valence-electron chi connectivity index (χ3n) is 9.78. The molecular formula is C27H42F3N7O4. The molecule has 0 radical (unpaired) electrons. The highest BCUT2D eigenvalue weighted by Gasteiger charge is 2.52. The summed E-state index contributed by atoms with van der Waals surface area (Å²) in [6.07, 6.45) is -2.96. The number of likely N-dealkylation sites (N-methyl/N-ethyl adjacent to an activating group) is 1.